The molecule has 2 aromatic rings. The Morgan fingerprint density at radius 2 is 1.88 bits per heavy atom. The van der Waals surface area contributed by atoms with E-state index in [1.54, 1.807) is 12.1 Å². The van der Waals surface area contributed by atoms with Gasteiger partial charge in [0.25, 0.3) is 5.91 Å². The fourth-order valence-corrected chi connectivity index (χ4v) is 3.78. The van der Waals surface area contributed by atoms with Crippen LogP contribution in [0.3, 0.4) is 0 Å². The minimum absolute atomic E-state index is 0.0153. The van der Waals surface area contributed by atoms with E-state index in [2.05, 4.69) is 10.0 Å². The van der Waals surface area contributed by atoms with Gasteiger partial charge < -0.3 is 11.1 Å². The van der Waals surface area contributed by atoms with Gasteiger partial charge in [0.05, 0.1) is 4.90 Å². The van der Waals surface area contributed by atoms with E-state index in [-0.39, 0.29) is 16.3 Å². The minimum atomic E-state index is -3.85. The van der Waals surface area contributed by atoms with Gasteiger partial charge in [-0.15, -0.1) is 0 Å². The molecule has 0 heterocycles. The summed E-state index contributed by atoms with van der Waals surface area (Å²) in [5, 5.41) is 2.60. The highest BCUT2D eigenvalue weighted by Crippen LogP contribution is 2.21. The molecule has 4 N–H and O–H groups in total. The molecule has 0 aromatic heterocycles. The Labute approximate surface area is 152 Å². The Kier molecular flexibility index (Phi) is 6.84. The van der Waals surface area contributed by atoms with Crippen molar-refractivity contribution in [3.8, 4) is 0 Å². The molecule has 0 radical (unpaired) electrons. The molecular weight excluding hydrogens is 357 g/mol. The molecule has 0 bridgehead atoms. The predicted octanol–water partition coefficient (Wildman–Crippen LogP) is 1.94. The van der Waals surface area contributed by atoms with Crippen molar-refractivity contribution in [2.75, 3.05) is 13.1 Å². The van der Waals surface area contributed by atoms with Crippen LogP contribution < -0.4 is 15.8 Å². The summed E-state index contributed by atoms with van der Waals surface area (Å²) in [4.78, 5) is 12.0. The molecule has 0 aliphatic carbocycles. The second-order valence-corrected chi connectivity index (χ2v) is 7.42. The first-order valence-corrected chi connectivity index (χ1v) is 9.72. The van der Waals surface area contributed by atoms with Crippen LogP contribution in [-0.4, -0.2) is 27.4 Å². The topological polar surface area (TPSA) is 101 Å². The van der Waals surface area contributed by atoms with Gasteiger partial charge in [-0.1, -0.05) is 25.1 Å². The zero-order valence-electron chi connectivity index (χ0n) is 14.4. The van der Waals surface area contributed by atoms with Gasteiger partial charge in [0.15, 0.2) is 0 Å². The van der Waals surface area contributed by atoms with Crippen LogP contribution >= 0.6 is 0 Å². The molecule has 8 heteroatoms. The molecule has 1 amide bonds. The molecule has 0 aliphatic rings. The lowest BCUT2D eigenvalue weighted by atomic mass is 10.1. The van der Waals surface area contributed by atoms with E-state index in [9.17, 15) is 17.6 Å². The first-order valence-electron chi connectivity index (χ1n) is 8.23. The van der Waals surface area contributed by atoms with Crippen LogP contribution in [0.1, 0.15) is 35.3 Å². The number of hydrogen-bond acceptors (Lipinski definition) is 4. The number of carbonyl (C=O) groups excluding carboxylic acids is 1. The summed E-state index contributed by atoms with van der Waals surface area (Å²) in [5.41, 5.74) is 6.24. The van der Waals surface area contributed by atoms with Gasteiger partial charge >= 0.3 is 0 Å². The average molecular weight is 379 g/mol. The number of hydrogen-bond donors (Lipinski definition) is 3. The normalized spacial score (nSPS) is 12.6. The van der Waals surface area contributed by atoms with E-state index < -0.39 is 22.0 Å². The van der Waals surface area contributed by atoms with Crippen LogP contribution in [0.15, 0.2) is 53.4 Å². The Hall–Kier alpha value is -2.29. The molecule has 0 spiro atoms. The SMILES string of the molecule is CC[C@H](NS(=O)(=O)c1cccc(C(=O)NCCN)c1)c1ccc(F)cc1. The molecule has 2 aromatic carbocycles. The van der Waals surface area contributed by atoms with Gasteiger partial charge in [-0.25, -0.2) is 17.5 Å². The molecule has 0 fully saturated rings. The van der Waals surface area contributed by atoms with E-state index in [1.165, 1.54) is 36.4 Å². The van der Waals surface area contributed by atoms with Crippen molar-refractivity contribution in [3.05, 3.63) is 65.5 Å². The highest BCUT2D eigenvalue weighted by Gasteiger charge is 2.21. The van der Waals surface area contributed by atoms with Gasteiger partial charge in [-0.3, -0.25) is 4.79 Å². The summed E-state index contributed by atoms with van der Waals surface area (Å²) in [6.07, 6.45) is 0.488. The number of carbonyl (C=O) groups is 1. The van der Waals surface area contributed by atoms with Crippen LogP contribution in [0.4, 0.5) is 4.39 Å². The maximum Gasteiger partial charge on any atom is 0.251 e. The first-order chi connectivity index (χ1) is 12.4. The fraction of sp³-hybridized carbons (Fsp3) is 0.278. The largest absolute Gasteiger partial charge is 0.351 e. The monoisotopic (exact) mass is 379 g/mol. The summed E-state index contributed by atoms with van der Waals surface area (Å²) in [5.74, 6) is -0.777. The second kappa shape index (κ2) is 8.88. The number of halogens is 1. The van der Waals surface area contributed by atoms with Crippen LogP contribution in [0.25, 0.3) is 0 Å². The third kappa shape index (κ3) is 5.10. The summed E-state index contributed by atoms with van der Waals surface area (Å²) >= 11 is 0. The quantitative estimate of drug-likeness (QED) is 0.652. The van der Waals surface area contributed by atoms with Crippen molar-refractivity contribution in [2.45, 2.75) is 24.3 Å². The maximum absolute atomic E-state index is 13.1. The van der Waals surface area contributed by atoms with Crippen LogP contribution in [0.5, 0.6) is 0 Å². The van der Waals surface area contributed by atoms with Crippen molar-refractivity contribution < 1.29 is 17.6 Å². The summed E-state index contributed by atoms with van der Waals surface area (Å²) < 4.78 is 41.1. The molecule has 0 aliphatic heterocycles. The predicted molar refractivity (Wildman–Crippen MR) is 97.6 cm³/mol. The maximum atomic E-state index is 13.1. The van der Waals surface area contributed by atoms with Gasteiger partial charge in [0.2, 0.25) is 10.0 Å². The zero-order chi connectivity index (χ0) is 19.2. The standard InChI is InChI=1S/C18H22FN3O3S/c1-2-17(13-6-8-15(19)9-7-13)22-26(24,25)16-5-3-4-14(12-16)18(23)21-11-10-20/h3-9,12,17,22H,2,10-11,20H2,1H3,(H,21,23)/t17-/m0/s1. The molecule has 0 saturated heterocycles. The Bertz CT molecular complexity index is 854. The number of nitrogens with two attached hydrogens (primary N) is 1. The summed E-state index contributed by atoms with van der Waals surface area (Å²) in [6.45, 7) is 2.42. The summed E-state index contributed by atoms with van der Waals surface area (Å²) in [6, 6.07) is 10.9. The van der Waals surface area contributed by atoms with E-state index in [0.29, 0.717) is 25.1 Å². The third-order valence-corrected chi connectivity index (χ3v) is 5.28. The fourth-order valence-electron chi connectivity index (χ4n) is 2.43. The lowest BCUT2D eigenvalue weighted by molar-refractivity contribution is 0.0954. The Morgan fingerprint density at radius 1 is 1.19 bits per heavy atom. The number of benzene rings is 2. The summed E-state index contributed by atoms with van der Waals surface area (Å²) in [7, 11) is -3.85. The van der Waals surface area contributed by atoms with Crippen LogP contribution in [0.2, 0.25) is 0 Å². The first kappa shape index (κ1) is 20.0. The molecule has 2 rings (SSSR count). The Balaban J connectivity index is 2.23. The van der Waals surface area contributed by atoms with E-state index in [0.717, 1.165) is 0 Å². The highest BCUT2D eigenvalue weighted by atomic mass is 32.2. The third-order valence-electron chi connectivity index (χ3n) is 3.81. The number of rotatable bonds is 8. The average Bonchev–Trinajstić information content (AvgIpc) is 2.65. The molecule has 6 nitrogen and oxygen atoms in total. The van der Waals surface area contributed by atoms with Crippen molar-refractivity contribution in [2.24, 2.45) is 5.73 Å². The molecule has 140 valence electrons. The van der Waals surface area contributed by atoms with Crippen molar-refractivity contribution in [1.82, 2.24) is 10.0 Å². The van der Waals surface area contributed by atoms with Gasteiger partial charge in [0, 0.05) is 24.7 Å². The highest BCUT2D eigenvalue weighted by molar-refractivity contribution is 7.89. The van der Waals surface area contributed by atoms with Crippen molar-refractivity contribution in [3.63, 3.8) is 0 Å². The van der Waals surface area contributed by atoms with E-state index in [4.69, 9.17) is 5.73 Å². The van der Waals surface area contributed by atoms with Crippen LogP contribution in [-0.2, 0) is 10.0 Å². The van der Waals surface area contributed by atoms with E-state index >= 15 is 0 Å². The number of amides is 1. The zero-order valence-corrected chi connectivity index (χ0v) is 15.2. The molecule has 1 atom stereocenters. The smallest absolute Gasteiger partial charge is 0.251 e. The van der Waals surface area contributed by atoms with Crippen LogP contribution in [0, 0.1) is 5.82 Å². The molecule has 0 saturated carbocycles. The number of sulfonamides is 1. The van der Waals surface area contributed by atoms with Gasteiger partial charge in [-0.05, 0) is 42.3 Å². The van der Waals surface area contributed by atoms with E-state index in [1.807, 2.05) is 6.92 Å². The van der Waals surface area contributed by atoms with Gasteiger partial charge in [-0.2, -0.15) is 0 Å². The lowest BCUT2D eigenvalue weighted by Gasteiger charge is -2.18. The molecular formula is C18H22FN3O3S. The Morgan fingerprint density at radius 3 is 2.50 bits per heavy atom. The van der Waals surface area contributed by atoms with Crippen molar-refractivity contribution in [1.29, 1.82) is 0 Å². The lowest BCUT2D eigenvalue weighted by Crippen LogP contribution is -2.30. The van der Waals surface area contributed by atoms with Gasteiger partial charge in [0.1, 0.15) is 5.82 Å². The second-order valence-electron chi connectivity index (χ2n) is 5.71. The minimum Gasteiger partial charge on any atom is -0.351 e. The molecule has 26 heavy (non-hydrogen) atoms. The number of nitrogens with one attached hydrogen (secondary N) is 2. The molecule has 0 unspecified atom stereocenters. The van der Waals surface area contributed by atoms with Crippen molar-refractivity contribution >= 4 is 15.9 Å².